The molecule has 0 aromatic carbocycles. The van der Waals surface area contributed by atoms with Crippen molar-refractivity contribution >= 4 is 11.9 Å². The van der Waals surface area contributed by atoms with E-state index in [0.29, 0.717) is 24.9 Å². The van der Waals surface area contributed by atoms with Crippen LogP contribution in [0, 0.1) is 0 Å². The van der Waals surface area contributed by atoms with E-state index in [9.17, 15) is 4.79 Å². The molecule has 1 aliphatic heterocycles. The smallest absolute Gasteiger partial charge is 0.289 e. The lowest BCUT2D eigenvalue weighted by molar-refractivity contribution is 0.0657. The molecule has 0 atom stereocenters. The number of carbonyl (C=O) groups is 1. The van der Waals surface area contributed by atoms with Crippen molar-refractivity contribution in [2.75, 3.05) is 52.9 Å². The quantitative estimate of drug-likeness (QED) is 0.427. The molecule has 0 spiro atoms. The molecular formula is C20H35N5O2. The van der Waals surface area contributed by atoms with Crippen LogP contribution in [0.3, 0.4) is 0 Å². The summed E-state index contributed by atoms with van der Waals surface area (Å²) in [6, 6.07) is 4.06. The van der Waals surface area contributed by atoms with Gasteiger partial charge in [-0.3, -0.25) is 9.79 Å². The lowest BCUT2D eigenvalue weighted by atomic mass is 10.2. The van der Waals surface area contributed by atoms with Crippen molar-refractivity contribution in [3.63, 3.8) is 0 Å². The number of nitrogens with zero attached hydrogens (tertiary/aromatic N) is 4. The van der Waals surface area contributed by atoms with E-state index in [0.717, 1.165) is 51.5 Å². The van der Waals surface area contributed by atoms with Crippen LogP contribution < -0.4 is 5.32 Å². The van der Waals surface area contributed by atoms with E-state index in [1.165, 1.54) is 0 Å². The Kier molecular flexibility index (Phi) is 8.64. The number of guanidine groups is 1. The number of nitrogens with one attached hydrogen (secondary N) is 1. The number of piperazine rings is 1. The van der Waals surface area contributed by atoms with Gasteiger partial charge in [0.2, 0.25) is 0 Å². The third kappa shape index (κ3) is 6.57. The summed E-state index contributed by atoms with van der Waals surface area (Å²) in [6.45, 7) is 12.3. The Balaban J connectivity index is 1.78. The first kappa shape index (κ1) is 21.3. The van der Waals surface area contributed by atoms with Crippen molar-refractivity contribution in [3.8, 4) is 0 Å². The molecule has 2 rings (SSSR count). The first-order valence-electron chi connectivity index (χ1n) is 10.1. The van der Waals surface area contributed by atoms with E-state index in [-0.39, 0.29) is 5.91 Å². The van der Waals surface area contributed by atoms with Crippen molar-refractivity contribution in [1.29, 1.82) is 0 Å². The Morgan fingerprint density at radius 3 is 2.56 bits per heavy atom. The SMILES string of the molecule is CCNC(=NCCCCN(C)C(C)C)N1CCN(C(=O)c2ccco2)CC1. The van der Waals surface area contributed by atoms with Gasteiger partial charge in [-0.05, 0) is 59.3 Å². The Morgan fingerprint density at radius 2 is 1.96 bits per heavy atom. The molecule has 1 aliphatic rings. The summed E-state index contributed by atoms with van der Waals surface area (Å²) in [4.78, 5) is 23.6. The number of unbranched alkanes of at least 4 members (excludes halogenated alkanes) is 1. The highest BCUT2D eigenvalue weighted by Crippen LogP contribution is 2.10. The fourth-order valence-electron chi connectivity index (χ4n) is 3.02. The van der Waals surface area contributed by atoms with Gasteiger partial charge in [0.15, 0.2) is 11.7 Å². The average Bonchev–Trinajstić information content (AvgIpc) is 3.21. The number of carbonyl (C=O) groups excluding carboxylic acids is 1. The zero-order valence-electron chi connectivity index (χ0n) is 17.3. The predicted octanol–water partition coefficient (Wildman–Crippen LogP) is 2.12. The zero-order valence-corrected chi connectivity index (χ0v) is 17.3. The van der Waals surface area contributed by atoms with Gasteiger partial charge in [-0.2, -0.15) is 0 Å². The highest BCUT2D eigenvalue weighted by Gasteiger charge is 2.25. The average molecular weight is 378 g/mol. The molecule has 1 saturated heterocycles. The molecule has 0 bridgehead atoms. The first-order valence-corrected chi connectivity index (χ1v) is 10.1. The minimum Gasteiger partial charge on any atom is -0.459 e. The molecule has 7 nitrogen and oxygen atoms in total. The highest BCUT2D eigenvalue weighted by atomic mass is 16.3. The van der Waals surface area contributed by atoms with Crippen LogP contribution in [0.1, 0.15) is 44.2 Å². The Morgan fingerprint density at radius 1 is 1.26 bits per heavy atom. The van der Waals surface area contributed by atoms with E-state index >= 15 is 0 Å². The molecule has 7 heteroatoms. The second-order valence-corrected chi connectivity index (χ2v) is 7.27. The minimum absolute atomic E-state index is 0.0316. The summed E-state index contributed by atoms with van der Waals surface area (Å²) in [5.41, 5.74) is 0. The Hall–Kier alpha value is -2.02. The van der Waals surface area contributed by atoms with Crippen LogP contribution in [0.15, 0.2) is 27.8 Å². The van der Waals surface area contributed by atoms with Crippen LogP contribution >= 0.6 is 0 Å². The van der Waals surface area contributed by atoms with Crippen molar-refractivity contribution < 1.29 is 9.21 Å². The molecule has 0 unspecified atom stereocenters. The topological polar surface area (TPSA) is 64.3 Å². The maximum absolute atomic E-state index is 12.4. The molecule has 1 aromatic heterocycles. The molecule has 0 aliphatic carbocycles. The molecule has 1 aromatic rings. The monoisotopic (exact) mass is 377 g/mol. The van der Waals surface area contributed by atoms with E-state index in [4.69, 9.17) is 9.41 Å². The van der Waals surface area contributed by atoms with Gasteiger partial charge in [0.25, 0.3) is 5.91 Å². The number of furan rings is 1. The number of hydrogen-bond acceptors (Lipinski definition) is 4. The van der Waals surface area contributed by atoms with Crippen molar-refractivity contribution in [2.45, 2.75) is 39.7 Å². The molecule has 2 heterocycles. The van der Waals surface area contributed by atoms with Gasteiger partial charge < -0.3 is 24.4 Å². The largest absolute Gasteiger partial charge is 0.459 e. The summed E-state index contributed by atoms with van der Waals surface area (Å²) in [5.74, 6) is 1.34. The fraction of sp³-hybridized carbons (Fsp3) is 0.700. The number of hydrogen-bond donors (Lipinski definition) is 1. The molecule has 27 heavy (non-hydrogen) atoms. The molecule has 1 N–H and O–H groups in total. The summed E-state index contributed by atoms with van der Waals surface area (Å²) < 4.78 is 5.22. The van der Waals surface area contributed by atoms with E-state index in [1.54, 1.807) is 18.4 Å². The summed E-state index contributed by atoms with van der Waals surface area (Å²) in [6.07, 6.45) is 3.78. The normalized spacial score (nSPS) is 15.7. The van der Waals surface area contributed by atoms with Gasteiger partial charge in [-0.25, -0.2) is 0 Å². The second kappa shape index (κ2) is 11.0. The molecular weight excluding hydrogens is 342 g/mol. The van der Waals surface area contributed by atoms with E-state index in [1.807, 2.05) is 4.90 Å². The third-order valence-corrected chi connectivity index (χ3v) is 5.00. The lowest BCUT2D eigenvalue weighted by Gasteiger charge is -2.36. The maximum atomic E-state index is 12.4. The van der Waals surface area contributed by atoms with Crippen LogP contribution in [-0.2, 0) is 0 Å². The van der Waals surface area contributed by atoms with Crippen LogP contribution in [0.5, 0.6) is 0 Å². The van der Waals surface area contributed by atoms with Crippen LogP contribution in [-0.4, -0.2) is 85.5 Å². The molecule has 1 amide bonds. The summed E-state index contributed by atoms with van der Waals surface area (Å²) >= 11 is 0. The standard InChI is InChI=1S/C20H35N5O2/c1-5-21-20(22-10-6-7-11-23(4)17(2)3)25-14-12-24(13-15-25)19(26)18-9-8-16-27-18/h8-9,16-17H,5-7,10-15H2,1-4H3,(H,21,22). The van der Waals surface area contributed by atoms with Gasteiger partial charge in [-0.1, -0.05) is 0 Å². The fourth-order valence-corrected chi connectivity index (χ4v) is 3.02. The van der Waals surface area contributed by atoms with Crippen molar-refractivity contribution in [3.05, 3.63) is 24.2 Å². The predicted molar refractivity (Wildman–Crippen MR) is 109 cm³/mol. The molecule has 0 saturated carbocycles. The zero-order chi connectivity index (χ0) is 19.6. The minimum atomic E-state index is -0.0316. The summed E-state index contributed by atoms with van der Waals surface area (Å²) in [5, 5.41) is 3.39. The number of rotatable bonds is 8. The van der Waals surface area contributed by atoms with Gasteiger partial charge in [0, 0.05) is 45.3 Å². The number of aliphatic imine (C=N–C) groups is 1. The summed E-state index contributed by atoms with van der Waals surface area (Å²) in [7, 11) is 2.17. The Bertz CT molecular complexity index is 577. The van der Waals surface area contributed by atoms with Gasteiger partial charge in [0.05, 0.1) is 6.26 Å². The molecule has 0 radical (unpaired) electrons. The van der Waals surface area contributed by atoms with Gasteiger partial charge in [-0.15, -0.1) is 0 Å². The van der Waals surface area contributed by atoms with Crippen LogP contribution in [0.4, 0.5) is 0 Å². The van der Waals surface area contributed by atoms with E-state index in [2.05, 4.69) is 42.9 Å². The first-order chi connectivity index (χ1) is 13.0. The lowest BCUT2D eigenvalue weighted by Crippen LogP contribution is -2.53. The second-order valence-electron chi connectivity index (χ2n) is 7.27. The van der Waals surface area contributed by atoms with Crippen LogP contribution in [0.25, 0.3) is 0 Å². The Labute approximate surface area is 163 Å². The highest BCUT2D eigenvalue weighted by molar-refractivity contribution is 5.91. The van der Waals surface area contributed by atoms with Crippen molar-refractivity contribution in [1.82, 2.24) is 20.0 Å². The number of amides is 1. The molecule has 152 valence electrons. The maximum Gasteiger partial charge on any atom is 0.289 e. The van der Waals surface area contributed by atoms with E-state index < -0.39 is 0 Å². The van der Waals surface area contributed by atoms with Gasteiger partial charge >= 0.3 is 0 Å². The third-order valence-electron chi connectivity index (χ3n) is 5.00. The van der Waals surface area contributed by atoms with Crippen molar-refractivity contribution in [2.24, 2.45) is 4.99 Å². The van der Waals surface area contributed by atoms with Gasteiger partial charge in [0.1, 0.15) is 0 Å². The molecule has 1 fully saturated rings. The van der Waals surface area contributed by atoms with Crippen LogP contribution in [0.2, 0.25) is 0 Å².